The summed E-state index contributed by atoms with van der Waals surface area (Å²) in [7, 11) is 0. The zero-order valence-electron chi connectivity index (χ0n) is 8.22. The predicted molar refractivity (Wildman–Crippen MR) is 56.6 cm³/mol. The number of anilines is 1. The van der Waals surface area contributed by atoms with Crippen LogP contribution < -0.4 is 5.73 Å². The first-order chi connectivity index (χ1) is 7.49. The van der Waals surface area contributed by atoms with Crippen LogP contribution in [0.1, 0.15) is 5.01 Å². The molecule has 0 radical (unpaired) electrons. The molecule has 2 aromatic rings. The molecule has 0 aliphatic rings. The van der Waals surface area contributed by atoms with E-state index in [1.807, 2.05) is 0 Å². The largest absolute Gasteiger partial charge is 0.389 e. The first kappa shape index (κ1) is 10.9. The zero-order chi connectivity index (χ0) is 11.9. The van der Waals surface area contributed by atoms with Crippen LogP contribution in [-0.2, 0) is 0 Å². The lowest BCUT2D eigenvalue weighted by atomic mass is 10.1. The third kappa shape index (κ3) is 1.76. The van der Waals surface area contributed by atoms with Gasteiger partial charge in [0.2, 0.25) is 0 Å². The van der Waals surface area contributed by atoms with Gasteiger partial charge in [0.15, 0.2) is 11.6 Å². The van der Waals surface area contributed by atoms with Gasteiger partial charge in [0.25, 0.3) is 0 Å². The van der Waals surface area contributed by atoms with Crippen LogP contribution in [0, 0.1) is 24.4 Å². The molecule has 0 amide bonds. The average Bonchev–Trinajstić information content (AvgIpc) is 2.51. The standard InChI is InChI=1S/C10H7F3N2S/c1-4-15-9(10(14)16-4)5-2-7(12)8(13)3-6(5)11/h2-3H,14H2,1H3. The Morgan fingerprint density at radius 1 is 1.12 bits per heavy atom. The molecule has 0 aliphatic carbocycles. The van der Waals surface area contributed by atoms with Crippen LogP contribution in [0.15, 0.2) is 12.1 Å². The summed E-state index contributed by atoms with van der Waals surface area (Å²) >= 11 is 1.17. The highest BCUT2D eigenvalue weighted by Crippen LogP contribution is 2.32. The Bertz CT molecular complexity index is 551. The Hall–Kier alpha value is -1.56. The van der Waals surface area contributed by atoms with Crippen molar-refractivity contribution in [2.45, 2.75) is 6.92 Å². The highest BCUT2D eigenvalue weighted by Gasteiger charge is 2.16. The van der Waals surface area contributed by atoms with Gasteiger partial charge in [-0.2, -0.15) is 0 Å². The van der Waals surface area contributed by atoms with Crippen LogP contribution in [0.2, 0.25) is 0 Å². The molecule has 84 valence electrons. The molecule has 1 aromatic heterocycles. The minimum Gasteiger partial charge on any atom is -0.389 e. The Labute approximate surface area is 93.5 Å². The second kappa shape index (κ2) is 3.79. The second-order valence-electron chi connectivity index (χ2n) is 3.19. The molecular weight excluding hydrogens is 237 g/mol. The summed E-state index contributed by atoms with van der Waals surface area (Å²) in [5, 5.41) is 0.916. The van der Waals surface area contributed by atoms with E-state index in [0.717, 1.165) is 6.07 Å². The van der Waals surface area contributed by atoms with Gasteiger partial charge in [-0.3, -0.25) is 0 Å². The van der Waals surface area contributed by atoms with Crippen molar-refractivity contribution in [3.05, 3.63) is 34.6 Å². The number of hydrogen-bond acceptors (Lipinski definition) is 3. The minimum atomic E-state index is -1.23. The summed E-state index contributed by atoms with van der Waals surface area (Å²) in [6, 6.07) is 1.24. The van der Waals surface area contributed by atoms with Gasteiger partial charge in [0, 0.05) is 11.6 Å². The van der Waals surface area contributed by atoms with Crippen LogP contribution in [0.5, 0.6) is 0 Å². The summed E-state index contributed by atoms with van der Waals surface area (Å²) in [4.78, 5) is 3.98. The number of halogens is 3. The Morgan fingerprint density at radius 3 is 2.31 bits per heavy atom. The Balaban J connectivity index is 2.64. The quantitative estimate of drug-likeness (QED) is 0.783. The lowest BCUT2D eigenvalue weighted by Gasteiger charge is -2.02. The Morgan fingerprint density at radius 2 is 1.75 bits per heavy atom. The maximum atomic E-state index is 13.4. The van der Waals surface area contributed by atoms with Crippen LogP contribution in [0.4, 0.5) is 18.2 Å². The lowest BCUT2D eigenvalue weighted by Crippen LogP contribution is -1.94. The molecule has 1 heterocycles. The van der Waals surface area contributed by atoms with E-state index in [1.54, 1.807) is 6.92 Å². The van der Waals surface area contributed by atoms with E-state index in [1.165, 1.54) is 11.3 Å². The third-order valence-electron chi connectivity index (χ3n) is 2.03. The number of nitrogens with zero attached hydrogens (tertiary/aromatic N) is 1. The van der Waals surface area contributed by atoms with Crippen molar-refractivity contribution in [1.29, 1.82) is 0 Å². The monoisotopic (exact) mass is 244 g/mol. The van der Waals surface area contributed by atoms with E-state index in [4.69, 9.17) is 5.73 Å². The first-order valence-corrected chi connectivity index (χ1v) is 5.18. The number of aryl methyl sites for hydroxylation is 1. The molecule has 0 fully saturated rings. The van der Waals surface area contributed by atoms with Crippen molar-refractivity contribution in [2.24, 2.45) is 0 Å². The average molecular weight is 244 g/mol. The first-order valence-electron chi connectivity index (χ1n) is 4.37. The summed E-state index contributed by atoms with van der Waals surface area (Å²) in [5.74, 6) is -3.23. The van der Waals surface area contributed by atoms with Crippen LogP contribution in [0.25, 0.3) is 11.3 Å². The van der Waals surface area contributed by atoms with Gasteiger partial charge in [-0.15, -0.1) is 11.3 Å². The molecule has 2 nitrogen and oxygen atoms in total. The molecule has 0 aliphatic heterocycles. The molecule has 0 saturated heterocycles. The number of thiazole rings is 1. The normalized spacial score (nSPS) is 10.8. The maximum absolute atomic E-state index is 13.4. The van der Waals surface area contributed by atoms with E-state index in [9.17, 15) is 13.2 Å². The van der Waals surface area contributed by atoms with E-state index in [2.05, 4.69) is 4.98 Å². The molecule has 1 aromatic carbocycles. The SMILES string of the molecule is Cc1nc(-c2cc(F)c(F)cc2F)c(N)s1. The van der Waals surface area contributed by atoms with E-state index >= 15 is 0 Å². The number of hydrogen-bond donors (Lipinski definition) is 1. The molecule has 2 N–H and O–H groups in total. The van der Waals surface area contributed by atoms with Crippen LogP contribution >= 0.6 is 11.3 Å². The minimum absolute atomic E-state index is 0.124. The molecule has 0 saturated carbocycles. The van der Waals surface area contributed by atoms with Gasteiger partial charge < -0.3 is 5.73 Å². The van der Waals surface area contributed by atoms with E-state index < -0.39 is 17.5 Å². The summed E-state index contributed by atoms with van der Waals surface area (Å²) in [6.07, 6.45) is 0. The van der Waals surface area contributed by atoms with E-state index in [-0.39, 0.29) is 16.3 Å². The van der Waals surface area contributed by atoms with Gasteiger partial charge in [-0.1, -0.05) is 0 Å². The molecule has 0 atom stereocenters. The number of nitrogens with two attached hydrogens (primary N) is 1. The molecular formula is C10H7F3N2S. The summed E-state index contributed by atoms with van der Waals surface area (Å²) in [6.45, 7) is 1.70. The summed E-state index contributed by atoms with van der Waals surface area (Å²) in [5.41, 5.74) is 5.63. The number of nitrogen functional groups attached to an aromatic ring is 1. The highest BCUT2D eigenvalue weighted by atomic mass is 32.1. The number of rotatable bonds is 1. The molecule has 0 unspecified atom stereocenters. The van der Waals surface area contributed by atoms with Gasteiger partial charge >= 0.3 is 0 Å². The van der Waals surface area contributed by atoms with Crippen molar-refractivity contribution in [3.63, 3.8) is 0 Å². The fourth-order valence-corrected chi connectivity index (χ4v) is 2.05. The molecule has 6 heteroatoms. The number of aromatic nitrogens is 1. The van der Waals surface area contributed by atoms with Crippen molar-refractivity contribution < 1.29 is 13.2 Å². The second-order valence-corrected chi connectivity index (χ2v) is 4.43. The maximum Gasteiger partial charge on any atom is 0.161 e. The van der Waals surface area contributed by atoms with Crippen molar-refractivity contribution in [1.82, 2.24) is 4.98 Å². The van der Waals surface area contributed by atoms with Gasteiger partial charge in [0.05, 0.1) is 5.01 Å². The topological polar surface area (TPSA) is 38.9 Å². The Kier molecular flexibility index (Phi) is 2.59. The van der Waals surface area contributed by atoms with Crippen LogP contribution in [-0.4, -0.2) is 4.98 Å². The molecule has 16 heavy (non-hydrogen) atoms. The predicted octanol–water partition coefficient (Wildman–Crippen LogP) is 3.12. The third-order valence-corrected chi connectivity index (χ3v) is 2.83. The van der Waals surface area contributed by atoms with Crippen LogP contribution in [0.3, 0.4) is 0 Å². The lowest BCUT2D eigenvalue weighted by molar-refractivity contribution is 0.496. The fourth-order valence-electron chi connectivity index (χ4n) is 1.34. The van der Waals surface area contributed by atoms with Crippen molar-refractivity contribution in [2.75, 3.05) is 5.73 Å². The zero-order valence-corrected chi connectivity index (χ0v) is 9.04. The molecule has 0 bridgehead atoms. The number of benzene rings is 1. The molecule has 2 rings (SSSR count). The van der Waals surface area contributed by atoms with Gasteiger partial charge in [-0.05, 0) is 13.0 Å². The molecule has 0 spiro atoms. The fraction of sp³-hybridized carbons (Fsp3) is 0.100. The van der Waals surface area contributed by atoms with Crippen molar-refractivity contribution in [3.8, 4) is 11.3 Å². The highest BCUT2D eigenvalue weighted by molar-refractivity contribution is 7.16. The van der Waals surface area contributed by atoms with Gasteiger partial charge in [-0.25, -0.2) is 18.2 Å². The van der Waals surface area contributed by atoms with Gasteiger partial charge in [0.1, 0.15) is 16.5 Å². The summed E-state index contributed by atoms with van der Waals surface area (Å²) < 4.78 is 39.1. The van der Waals surface area contributed by atoms with Crippen molar-refractivity contribution >= 4 is 16.3 Å². The smallest absolute Gasteiger partial charge is 0.161 e. The van der Waals surface area contributed by atoms with E-state index in [0.29, 0.717) is 11.1 Å².